The van der Waals surface area contributed by atoms with E-state index in [1.807, 2.05) is 71.9 Å². The average molecular weight is 505 g/mol. The second-order valence-corrected chi connectivity index (χ2v) is 8.53. The van der Waals surface area contributed by atoms with Crippen molar-refractivity contribution in [2.24, 2.45) is 0 Å². The van der Waals surface area contributed by atoms with Crippen molar-refractivity contribution in [3.8, 4) is 22.9 Å². The maximum absolute atomic E-state index is 6.27. The summed E-state index contributed by atoms with van der Waals surface area (Å²) in [5.74, 6) is 2.78. The van der Waals surface area contributed by atoms with Crippen LogP contribution in [0, 0.1) is 13.8 Å². The molecule has 5 aromatic rings. The summed E-state index contributed by atoms with van der Waals surface area (Å²) in [5.41, 5.74) is 5.46. The zero-order valence-corrected chi connectivity index (χ0v) is 20.9. The quantitative estimate of drug-likeness (QED) is 0.345. The molecule has 0 saturated heterocycles. The number of benzene rings is 1. The predicted octanol–water partition coefficient (Wildman–Crippen LogP) is 4.62. The number of aromatic nitrogens is 6. The SMILES string of the molecule is COc1cc(Cn2cnc3cc(-n4ccnc4C)cnc32)cc2c1OC(c1ccc(C)nc1)CO2.Cl. The van der Waals surface area contributed by atoms with Crippen LogP contribution in [0.2, 0.25) is 0 Å². The number of halogens is 1. The fraction of sp³-hybridized carbons (Fsp3) is 0.231. The van der Waals surface area contributed by atoms with Crippen molar-refractivity contribution in [2.75, 3.05) is 13.7 Å². The van der Waals surface area contributed by atoms with E-state index in [9.17, 15) is 0 Å². The van der Waals surface area contributed by atoms with Crippen LogP contribution >= 0.6 is 12.4 Å². The van der Waals surface area contributed by atoms with Crippen molar-refractivity contribution in [3.63, 3.8) is 0 Å². The van der Waals surface area contributed by atoms with Crippen molar-refractivity contribution >= 4 is 23.6 Å². The van der Waals surface area contributed by atoms with Gasteiger partial charge in [0.2, 0.25) is 5.75 Å². The van der Waals surface area contributed by atoms with E-state index in [2.05, 4.69) is 19.9 Å². The molecule has 0 radical (unpaired) electrons. The highest BCUT2D eigenvalue weighted by molar-refractivity contribution is 5.85. The van der Waals surface area contributed by atoms with Crippen LogP contribution in [0.15, 0.2) is 61.4 Å². The van der Waals surface area contributed by atoms with Gasteiger partial charge in [-0.15, -0.1) is 12.4 Å². The molecule has 10 heteroatoms. The Balaban J connectivity index is 0.00000267. The molecule has 4 aromatic heterocycles. The van der Waals surface area contributed by atoms with Crippen LogP contribution in [0.5, 0.6) is 17.2 Å². The molecule has 0 aliphatic carbocycles. The number of hydrogen-bond donors (Lipinski definition) is 0. The van der Waals surface area contributed by atoms with E-state index in [0.29, 0.717) is 30.4 Å². The number of nitrogens with zero attached hydrogens (tertiary/aromatic N) is 6. The van der Waals surface area contributed by atoms with Gasteiger partial charge in [-0.3, -0.25) is 4.98 Å². The van der Waals surface area contributed by atoms with Crippen LogP contribution in [-0.4, -0.2) is 42.8 Å². The highest BCUT2D eigenvalue weighted by atomic mass is 35.5. The van der Waals surface area contributed by atoms with Gasteiger partial charge in [0.15, 0.2) is 23.3 Å². The molecule has 1 unspecified atom stereocenters. The van der Waals surface area contributed by atoms with Crippen LogP contribution < -0.4 is 14.2 Å². The van der Waals surface area contributed by atoms with Crippen molar-refractivity contribution in [2.45, 2.75) is 26.5 Å². The van der Waals surface area contributed by atoms with Gasteiger partial charge in [-0.2, -0.15) is 0 Å². The minimum atomic E-state index is -0.245. The molecular formula is C26H25ClN6O3. The molecule has 0 fully saturated rings. The van der Waals surface area contributed by atoms with Crippen LogP contribution in [0.1, 0.15) is 28.7 Å². The third-order valence-corrected chi connectivity index (χ3v) is 6.15. The second-order valence-electron chi connectivity index (χ2n) is 8.53. The van der Waals surface area contributed by atoms with E-state index in [1.165, 1.54) is 0 Å². The Morgan fingerprint density at radius 3 is 2.69 bits per heavy atom. The first-order valence-electron chi connectivity index (χ1n) is 11.3. The lowest BCUT2D eigenvalue weighted by Crippen LogP contribution is -2.22. The van der Waals surface area contributed by atoms with Crippen LogP contribution in [-0.2, 0) is 6.54 Å². The zero-order valence-electron chi connectivity index (χ0n) is 20.1. The summed E-state index contributed by atoms with van der Waals surface area (Å²) in [7, 11) is 1.63. The lowest BCUT2D eigenvalue weighted by Gasteiger charge is -2.28. The molecule has 0 spiro atoms. The lowest BCUT2D eigenvalue weighted by atomic mass is 10.1. The van der Waals surface area contributed by atoms with Crippen LogP contribution in [0.3, 0.4) is 0 Å². The van der Waals surface area contributed by atoms with E-state index < -0.39 is 0 Å². The summed E-state index contributed by atoms with van der Waals surface area (Å²) in [6.45, 7) is 4.87. The molecule has 6 rings (SSSR count). The number of rotatable bonds is 5. The average Bonchev–Trinajstić information content (AvgIpc) is 3.49. The molecule has 1 aliphatic rings. The predicted molar refractivity (Wildman–Crippen MR) is 137 cm³/mol. The summed E-state index contributed by atoms with van der Waals surface area (Å²) in [6.07, 6.45) is 8.90. The Bertz CT molecular complexity index is 1510. The number of methoxy groups -OCH3 is 1. The Labute approximate surface area is 214 Å². The van der Waals surface area contributed by atoms with Crippen molar-refractivity contribution < 1.29 is 14.2 Å². The minimum absolute atomic E-state index is 0. The molecule has 0 N–H and O–H groups in total. The summed E-state index contributed by atoms with van der Waals surface area (Å²) in [5, 5.41) is 0. The molecule has 36 heavy (non-hydrogen) atoms. The highest BCUT2D eigenvalue weighted by Gasteiger charge is 2.27. The molecule has 184 valence electrons. The molecule has 0 bridgehead atoms. The van der Waals surface area contributed by atoms with Crippen LogP contribution in [0.25, 0.3) is 16.9 Å². The number of hydrogen-bond acceptors (Lipinski definition) is 7. The van der Waals surface area contributed by atoms with Gasteiger partial charge >= 0.3 is 0 Å². The number of ether oxygens (including phenoxy) is 3. The van der Waals surface area contributed by atoms with E-state index in [1.54, 1.807) is 19.6 Å². The topological polar surface area (TPSA) is 89.1 Å². The monoisotopic (exact) mass is 504 g/mol. The van der Waals surface area contributed by atoms with Gasteiger partial charge in [0.1, 0.15) is 17.9 Å². The van der Waals surface area contributed by atoms with Crippen molar-refractivity contribution in [1.82, 2.24) is 29.1 Å². The maximum Gasteiger partial charge on any atom is 0.204 e. The molecule has 0 saturated carbocycles. The summed E-state index contributed by atoms with van der Waals surface area (Å²) >= 11 is 0. The smallest absolute Gasteiger partial charge is 0.204 e. The summed E-state index contributed by atoms with van der Waals surface area (Å²) in [6, 6.07) is 9.94. The number of imidazole rings is 2. The maximum atomic E-state index is 6.27. The fourth-order valence-corrected chi connectivity index (χ4v) is 4.31. The normalized spacial score (nSPS) is 14.5. The molecule has 1 atom stereocenters. The molecule has 1 aromatic carbocycles. The van der Waals surface area contributed by atoms with Gasteiger partial charge in [0.05, 0.1) is 31.9 Å². The number of aryl methyl sites for hydroxylation is 2. The van der Waals surface area contributed by atoms with Gasteiger partial charge in [0.25, 0.3) is 0 Å². The van der Waals surface area contributed by atoms with Gasteiger partial charge < -0.3 is 23.3 Å². The van der Waals surface area contributed by atoms with E-state index in [0.717, 1.165) is 39.5 Å². The molecule has 9 nitrogen and oxygen atoms in total. The third kappa shape index (κ3) is 4.22. The Morgan fingerprint density at radius 2 is 1.94 bits per heavy atom. The van der Waals surface area contributed by atoms with Crippen molar-refractivity contribution in [3.05, 3.63) is 84.1 Å². The van der Waals surface area contributed by atoms with Crippen LogP contribution in [0.4, 0.5) is 0 Å². The van der Waals surface area contributed by atoms with Crippen molar-refractivity contribution in [1.29, 1.82) is 0 Å². The Morgan fingerprint density at radius 1 is 1.06 bits per heavy atom. The first-order chi connectivity index (χ1) is 17.1. The van der Waals surface area contributed by atoms with E-state index in [4.69, 9.17) is 14.2 Å². The number of pyridine rings is 2. The third-order valence-electron chi connectivity index (χ3n) is 6.15. The standard InChI is InChI=1S/C26H24N6O3.ClH/c1-16-4-5-19(11-28-16)24-14-34-23-9-18(8-22(33-3)25(23)35-24)13-31-15-30-21-10-20(12-29-26(21)31)32-7-6-27-17(32)2;/h4-12,15,24H,13-14H2,1-3H3;1H. The molecular weight excluding hydrogens is 480 g/mol. The summed E-state index contributed by atoms with van der Waals surface area (Å²) < 4.78 is 22.0. The zero-order chi connectivity index (χ0) is 23.9. The first kappa shape index (κ1) is 23.6. The summed E-state index contributed by atoms with van der Waals surface area (Å²) in [4.78, 5) is 17.9. The van der Waals surface area contributed by atoms with E-state index in [-0.39, 0.29) is 18.5 Å². The lowest BCUT2D eigenvalue weighted by molar-refractivity contribution is 0.0867. The second kappa shape index (κ2) is 9.50. The largest absolute Gasteiger partial charge is 0.493 e. The van der Waals surface area contributed by atoms with Gasteiger partial charge in [-0.05, 0) is 43.7 Å². The fourth-order valence-electron chi connectivity index (χ4n) is 4.31. The highest BCUT2D eigenvalue weighted by Crippen LogP contribution is 2.44. The van der Waals surface area contributed by atoms with Gasteiger partial charge in [0, 0.05) is 29.8 Å². The first-order valence-corrected chi connectivity index (χ1v) is 11.3. The van der Waals surface area contributed by atoms with Gasteiger partial charge in [-0.25, -0.2) is 15.0 Å². The minimum Gasteiger partial charge on any atom is -0.493 e. The molecule has 0 amide bonds. The molecule has 1 aliphatic heterocycles. The molecule has 5 heterocycles. The Kier molecular flexibility index (Phi) is 6.24. The number of fused-ring (bicyclic) bond motifs is 2. The Hall–Kier alpha value is -4.11. The van der Waals surface area contributed by atoms with E-state index >= 15 is 0 Å². The van der Waals surface area contributed by atoms with Gasteiger partial charge in [-0.1, -0.05) is 6.07 Å².